The highest BCUT2D eigenvalue weighted by molar-refractivity contribution is 9.10. The molecular formula is C15H18BrNS. The van der Waals surface area contributed by atoms with E-state index in [1.807, 2.05) is 11.3 Å². The second kappa shape index (κ2) is 6.00. The summed E-state index contributed by atoms with van der Waals surface area (Å²) in [5, 5.41) is 3.45. The van der Waals surface area contributed by atoms with Crippen molar-refractivity contribution in [1.29, 1.82) is 0 Å². The van der Waals surface area contributed by atoms with Crippen LogP contribution >= 0.6 is 27.3 Å². The third kappa shape index (κ3) is 2.85. The van der Waals surface area contributed by atoms with Gasteiger partial charge in [-0.3, -0.25) is 0 Å². The molecule has 0 aliphatic carbocycles. The first-order valence-corrected chi connectivity index (χ1v) is 7.83. The van der Waals surface area contributed by atoms with Gasteiger partial charge in [0.2, 0.25) is 0 Å². The van der Waals surface area contributed by atoms with Crippen LogP contribution in [0.4, 0.5) is 0 Å². The van der Waals surface area contributed by atoms with Crippen LogP contribution in [0.3, 0.4) is 0 Å². The zero-order valence-electron chi connectivity index (χ0n) is 11.0. The van der Waals surface area contributed by atoms with E-state index in [4.69, 9.17) is 0 Å². The Balaban J connectivity index is 2.32. The minimum atomic E-state index is 0.432. The number of nitrogens with one attached hydrogen (secondary N) is 1. The molecule has 1 unspecified atom stereocenters. The fourth-order valence-corrected chi connectivity index (χ4v) is 3.49. The van der Waals surface area contributed by atoms with Crippen LogP contribution < -0.4 is 5.32 Å². The minimum absolute atomic E-state index is 0.432. The van der Waals surface area contributed by atoms with E-state index in [2.05, 4.69) is 72.3 Å². The molecule has 0 aliphatic rings. The third-order valence-electron chi connectivity index (χ3n) is 3.10. The summed E-state index contributed by atoms with van der Waals surface area (Å²) in [6, 6.07) is 11.3. The van der Waals surface area contributed by atoms with E-state index in [0.29, 0.717) is 6.04 Å². The normalized spacial score (nSPS) is 12.7. The number of rotatable bonds is 4. The monoisotopic (exact) mass is 323 g/mol. The highest BCUT2D eigenvalue weighted by atomic mass is 79.9. The van der Waals surface area contributed by atoms with E-state index in [1.54, 1.807) is 0 Å². The summed E-state index contributed by atoms with van der Waals surface area (Å²) in [4.78, 5) is 2.74. The van der Waals surface area contributed by atoms with Gasteiger partial charge in [-0.2, -0.15) is 0 Å². The Labute approximate surface area is 121 Å². The van der Waals surface area contributed by atoms with E-state index < -0.39 is 0 Å². The number of thiophene rings is 1. The van der Waals surface area contributed by atoms with E-state index >= 15 is 0 Å². The van der Waals surface area contributed by atoms with Crippen molar-refractivity contribution in [3.05, 3.63) is 45.2 Å². The maximum absolute atomic E-state index is 3.60. The van der Waals surface area contributed by atoms with Crippen molar-refractivity contribution >= 4 is 27.3 Å². The first kappa shape index (κ1) is 13.8. The summed E-state index contributed by atoms with van der Waals surface area (Å²) < 4.78 is 1.18. The maximum Gasteiger partial charge on any atom is 0.0386 e. The van der Waals surface area contributed by atoms with Gasteiger partial charge < -0.3 is 5.32 Å². The third-order valence-corrected chi connectivity index (χ3v) is 5.26. The Hall–Kier alpha value is -0.640. The number of halogens is 1. The van der Waals surface area contributed by atoms with Gasteiger partial charge >= 0.3 is 0 Å². The van der Waals surface area contributed by atoms with Gasteiger partial charge in [0, 0.05) is 20.3 Å². The first-order valence-electron chi connectivity index (χ1n) is 6.22. The Morgan fingerprint density at radius 3 is 2.78 bits per heavy atom. The van der Waals surface area contributed by atoms with Gasteiger partial charge in [-0.25, -0.2) is 0 Å². The Kier molecular flexibility index (Phi) is 4.60. The summed E-state index contributed by atoms with van der Waals surface area (Å²) in [5.41, 5.74) is 2.63. The molecule has 0 saturated carbocycles. The minimum Gasteiger partial charge on any atom is -0.310 e. The molecule has 3 heteroatoms. The molecule has 2 rings (SSSR count). The van der Waals surface area contributed by atoms with E-state index in [1.165, 1.54) is 25.4 Å². The SMILES string of the molecule is CCNC(C)c1ccc(-c2cccc(Br)c2C)s1. The lowest BCUT2D eigenvalue weighted by Crippen LogP contribution is -2.16. The van der Waals surface area contributed by atoms with Crippen molar-refractivity contribution in [3.63, 3.8) is 0 Å². The molecule has 1 N–H and O–H groups in total. The molecule has 0 fully saturated rings. The molecule has 2 aromatic rings. The predicted molar refractivity (Wildman–Crippen MR) is 84.3 cm³/mol. The molecule has 1 nitrogen and oxygen atoms in total. The van der Waals surface area contributed by atoms with Gasteiger partial charge in [-0.15, -0.1) is 11.3 Å². The second-order valence-corrected chi connectivity index (χ2v) is 6.36. The van der Waals surface area contributed by atoms with Gasteiger partial charge in [-0.1, -0.05) is 35.0 Å². The molecule has 18 heavy (non-hydrogen) atoms. The van der Waals surface area contributed by atoms with Crippen LogP contribution in [0, 0.1) is 6.92 Å². The average Bonchev–Trinajstić information content (AvgIpc) is 2.82. The molecule has 0 aliphatic heterocycles. The van der Waals surface area contributed by atoms with E-state index in [-0.39, 0.29) is 0 Å². The smallest absolute Gasteiger partial charge is 0.0386 e. The number of benzene rings is 1. The molecule has 96 valence electrons. The molecule has 1 heterocycles. The predicted octanol–water partition coefficient (Wildman–Crippen LogP) is 5.16. The molecule has 1 aromatic carbocycles. The summed E-state index contributed by atoms with van der Waals surface area (Å²) in [6.45, 7) is 7.52. The topological polar surface area (TPSA) is 12.0 Å². The van der Waals surface area contributed by atoms with E-state index in [9.17, 15) is 0 Å². The zero-order valence-corrected chi connectivity index (χ0v) is 13.4. The van der Waals surface area contributed by atoms with Crippen molar-refractivity contribution in [2.24, 2.45) is 0 Å². The van der Waals surface area contributed by atoms with Crippen LogP contribution in [-0.4, -0.2) is 6.54 Å². The van der Waals surface area contributed by atoms with Crippen LogP contribution in [0.25, 0.3) is 10.4 Å². The van der Waals surface area contributed by atoms with Gasteiger partial charge in [0.1, 0.15) is 0 Å². The molecule has 0 amide bonds. The first-order chi connectivity index (χ1) is 8.63. The lowest BCUT2D eigenvalue weighted by atomic mass is 10.1. The average molecular weight is 324 g/mol. The van der Waals surface area contributed by atoms with Crippen molar-refractivity contribution < 1.29 is 0 Å². The fourth-order valence-electron chi connectivity index (χ4n) is 2.01. The van der Waals surface area contributed by atoms with Crippen molar-refractivity contribution in [1.82, 2.24) is 5.32 Å². The Morgan fingerprint density at radius 1 is 1.28 bits per heavy atom. The number of hydrogen-bond donors (Lipinski definition) is 1. The largest absolute Gasteiger partial charge is 0.310 e. The zero-order chi connectivity index (χ0) is 13.1. The quantitative estimate of drug-likeness (QED) is 0.819. The summed E-state index contributed by atoms with van der Waals surface area (Å²) in [7, 11) is 0. The van der Waals surface area contributed by atoms with Gasteiger partial charge in [0.25, 0.3) is 0 Å². The molecule has 0 saturated heterocycles. The fraction of sp³-hybridized carbons (Fsp3) is 0.333. The lowest BCUT2D eigenvalue weighted by Gasteiger charge is -2.09. The highest BCUT2D eigenvalue weighted by Crippen LogP contribution is 2.35. The van der Waals surface area contributed by atoms with Crippen LogP contribution in [0.2, 0.25) is 0 Å². The molecule has 1 atom stereocenters. The van der Waals surface area contributed by atoms with Gasteiger partial charge in [0.15, 0.2) is 0 Å². The van der Waals surface area contributed by atoms with Crippen molar-refractivity contribution in [2.75, 3.05) is 6.54 Å². The van der Waals surface area contributed by atoms with Crippen molar-refractivity contribution in [2.45, 2.75) is 26.8 Å². The molecular weight excluding hydrogens is 306 g/mol. The summed E-state index contributed by atoms with van der Waals surface area (Å²) in [5.74, 6) is 0. The van der Waals surface area contributed by atoms with Gasteiger partial charge in [0.05, 0.1) is 0 Å². The summed E-state index contributed by atoms with van der Waals surface area (Å²) >= 11 is 5.47. The van der Waals surface area contributed by atoms with Crippen LogP contribution in [0.1, 0.15) is 30.3 Å². The standard InChI is InChI=1S/C15H18BrNS/c1-4-17-11(3)14-8-9-15(18-14)12-6-5-7-13(16)10(12)2/h5-9,11,17H,4H2,1-3H3. The van der Waals surface area contributed by atoms with Crippen molar-refractivity contribution in [3.8, 4) is 10.4 Å². The van der Waals surface area contributed by atoms with Crippen LogP contribution in [0.5, 0.6) is 0 Å². The molecule has 0 bridgehead atoms. The molecule has 1 aromatic heterocycles. The molecule has 0 spiro atoms. The Bertz CT molecular complexity index is 533. The summed E-state index contributed by atoms with van der Waals surface area (Å²) in [6.07, 6.45) is 0. The Morgan fingerprint density at radius 2 is 2.06 bits per heavy atom. The second-order valence-electron chi connectivity index (χ2n) is 4.39. The van der Waals surface area contributed by atoms with E-state index in [0.717, 1.165) is 6.54 Å². The van der Waals surface area contributed by atoms with Gasteiger partial charge in [-0.05, 0) is 49.7 Å². The van der Waals surface area contributed by atoms with Crippen LogP contribution in [-0.2, 0) is 0 Å². The lowest BCUT2D eigenvalue weighted by molar-refractivity contribution is 0.607. The number of hydrogen-bond acceptors (Lipinski definition) is 2. The maximum atomic E-state index is 3.60. The van der Waals surface area contributed by atoms with Crippen LogP contribution in [0.15, 0.2) is 34.8 Å². The highest BCUT2D eigenvalue weighted by Gasteiger charge is 2.10. The molecule has 0 radical (unpaired) electrons.